The van der Waals surface area contributed by atoms with Gasteiger partial charge in [-0.15, -0.1) is 0 Å². The van der Waals surface area contributed by atoms with Crippen LogP contribution < -0.4 is 10.2 Å². The Kier molecular flexibility index (Phi) is 5.26. The molecule has 0 aromatic heterocycles. The van der Waals surface area contributed by atoms with Gasteiger partial charge in [0.05, 0.1) is 11.4 Å². The minimum Gasteiger partial charge on any atom is -0.376 e. The van der Waals surface area contributed by atoms with Gasteiger partial charge in [0.25, 0.3) is 0 Å². The van der Waals surface area contributed by atoms with E-state index in [2.05, 4.69) is 5.32 Å². The number of para-hydroxylation sites is 1. The average molecular weight is 388 g/mol. The van der Waals surface area contributed by atoms with Crippen LogP contribution in [-0.2, 0) is 21.2 Å². The molecule has 2 aromatic carbocycles. The average Bonchev–Trinajstić information content (AvgIpc) is 3.06. The zero-order valence-electron chi connectivity index (χ0n) is 16.1. The van der Waals surface area contributed by atoms with Gasteiger partial charge < -0.3 is 10.2 Å². The van der Waals surface area contributed by atoms with Crippen molar-refractivity contribution in [3.63, 3.8) is 0 Å². The second-order valence-electron chi connectivity index (χ2n) is 6.98. The lowest BCUT2D eigenvalue weighted by atomic mass is 10.1. The van der Waals surface area contributed by atoms with E-state index in [1.54, 1.807) is 17.0 Å². The first kappa shape index (κ1) is 19.4. The number of hydrogen-bond acceptors (Lipinski definition) is 4. The van der Waals surface area contributed by atoms with Crippen molar-refractivity contribution in [3.8, 4) is 0 Å². The van der Waals surface area contributed by atoms with Crippen molar-refractivity contribution in [1.82, 2.24) is 4.31 Å². The van der Waals surface area contributed by atoms with Crippen LogP contribution in [0, 0.1) is 13.8 Å². The van der Waals surface area contributed by atoms with E-state index in [4.69, 9.17) is 0 Å². The zero-order valence-corrected chi connectivity index (χ0v) is 16.9. The number of rotatable bonds is 5. The van der Waals surface area contributed by atoms with Crippen LogP contribution in [-0.4, -0.2) is 45.8 Å². The topological polar surface area (TPSA) is 69.7 Å². The van der Waals surface area contributed by atoms with Gasteiger partial charge in [0.2, 0.25) is 15.9 Å². The molecule has 6 nitrogen and oxygen atoms in total. The monoisotopic (exact) mass is 387 g/mol. The number of aryl methyl sites for hydroxylation is 1. The molecule has 0 unspecified atom stereocenters. The van der Waals surface area contributed by atoms with Crippen molar-refractivity contribution in [3.05, 3.63) is 53.1 Å². The van der Waals surface area contributed by atoms with Crippen LogP contribution >= 0.6 is 0 Å². The smallest absolute Gasteiger partial charge is 0.246 e. The van der Waals surface area contributed by atoms with Crippen molar-refractivity contribution in [1.29, 1.82) is 0 Å². The molecule has 1 aliphatic rings. The maximum atomic E-state index is 12.7. The van der Waals surface area contributed by atoms with Crippen molar-refractivity contribution in [2.45, 2.75) is 25.2 Å². The Hall–Kier alpha value is -2.38. The van der Waals surface area contributed by atoms with Crippen molar-refractivity contribution in [2.75, 3.05) is 37.4 Å². The highest BCUT2D eigenvalue weighted by atomic mass is 32.2. The summed E-state index contributed by atoms with van der Waals surface area (Å²) in [5, 5.41) is 3.14. The number of nitrogens with one attached hydrogen (secondary N) is 1. The molecule has 0 saturated carbocycles. The summed E-state index contributed by atoms with van der Waals surface area (Å²) >= 11 is 0. The van der Waals surface area contributed by atoms with Gasteiger partial charge in [0, 0.05) is 32.0 Å². The summed E-state index contributed by atoms with van der Waals surface area (Å²) in [5.74, 6) is -0.0297. The van der Waals surface area contributed by atoms with Gasteiger partial charge in [0.15, 0.2) is 0 Å². The first-order chi connectivity index (χ1) is 12.7. The van der Waals surface area contributed by atoms with Crippen LogP contribution in [0.25, 0.3) is 0 Å². The molecule has 1 amide bonds. The van der Waals surface area contributed by atoms with Crippen LogP contribution in [0.1, 0.15) is 16.7 Å². The Morgan fingerprint density at radius 3 is 2.59 bits per heavy atom. The zero-order chi connectivity index (χ0) is 19.8. The number of carbonyl (C=O) groups excluding carboxylic acids is 1. The van der Waals surface area contributed by atoms with Gasteiger partial charge in [-0.2, -0.15) is 0 Å². The largest absolute Gasteiger partial charge is 0.376 e. The van der Waals surface area contributed by atoms with E-state index >= 15 is 0 Å². The fraction of sp³-hybridized carbons (Fsp3) is 0.350. The number of nitrogens with zero attached hydrogens (tertiary/aromatic N) is 2. The Morgan fingerprint density at radius 2 is 1.89 bits per heavy atom. The molecule has 0 spiro atoms. The lowest BCUT2D eigenvalue weighted by Gasteiger charge is -2.20. The first-order valence-corrected chi connectivity index (χ1v) is 10.3. The van der Waals surface area contributed by atoms with Gasteiger partial charge in [-0.25, -0.2) is 12.7 Å². The van der Waals surface area contributed by atoms with Gasteiger partial charge in [0.1, 0.15) is 0 Å². The lowest BCUT2D eigenvalue weighted by molar-refractivity contribution is -0.116. The molecule has 0 aliphatic carbocycles. The molecule has 0 fully saturated rings. The molecule has 7 heteroatoms. The number of hydrogen-bond donors (Lipinski definition) is 1. The van der Waals surface area contributed by atoms with Crippen LogP contribution in [0.2, 0.25) is 0 Å². The van der Waals surface area contributed by atoms with E-state index in [0.717, 1.165) is 23.2 Å². The third kappa shape index (κ3) is 3.70. The number of sulfonamides is 1. The normalized spacial score (nSPS) is 13.7. The molecular weight excluding hydrogens is 362 g/mol. The summed E-state index contributed by atoms with van der Waals surface area (Å²) in [6.45, 7) is 4.57. The number of fused-ring (bicyclic) bond motifs is 1. The number of benzene rings is 2. The molecule has 0 radical (unpaired) electrons. The van der Waals surface area contributed by atoms with Crippen LogP contribution in [0.15, 0.2) is 41.3 Å². The molecule has 1 heterocycles. The Morgan fingerprint density at radius 1 is 1.19 bits per heavy atom. The van der Waals surface area contributed by atoms with Gasteiger partial charge in [-0.1, -0.05) is 18.2 Å². The number of carbonyl (C=O) groups is 1. The van der Waals surface area contributed by atoms with E-state index in [0.29, 0.717) is 12.2 Å². The van der Waals surface area contributed by atoms with E-state index in [-0.39, 0.29) is 17.3 Å². The third-order valence-corrected chi connectivity index (χ3v) is 6.83. The Balaban J connectivity index is 1.80. The fourth-order valence-electron chi connectivity index (χ4n) is 3.23. The molecule has 144 valence electrons. The number of amides is 1. The highest BCUT2D eigenvalue weighted by Crippen LogP contribution is 2.28. The molecule has 2 aromatic rings. The summed E-state index contributed by atoms with van der Waals surface area (Å²) in [6, 6.07) is 11.2. The van der Waals surface area contributed by atoms with Gasteiger partial charge in [-0.3, -0.25) is 4.79 Å². The second-order valence-corrected chi connectivity index (χ2v) is 9.13. The van der Waals surface area contributed by atoms with Gasteiger partial charge >= 0.3 is 0 Å². The standard InChI is InChI=1S/C20H25N3O3S/c1-14-11-17(27(25,26)22(3)4)12-18(15(14)2)21-13-20(24)23-10-9-16-7-5-6-8-19(16)23/h5-8,11-12,21H,9-10,13H2,1-4H3. The maximum Gasteiger partial charge on any atom is 0.246 e. The summed E-state index contributed by atoms with van der Waals surface area (Å²) in [7, 11) is -0.523. The minimum absolute atomic E-state index is 0.0297. The van der Waals surface area contributed by atoms with E-state index in [1.165, 1.54) is 24.0 Å². The SMILES string of the molecule is Cc1cc(S(=O)(=O)N(C)C)cc(NCC(=O)N2CCc3ccccc32)c1C. The predicted octanol–water partition coefficient (Wildman–Crippen LogP) is 2.55. The fourth-order valence-corrected chi connectivity index (χ4v) is 4.25. The summed E-state index contributed by atoms with van der Waals surface area (Å²) in [4.78, 5) is 14.7. The minimum atomic E-state index is -3.53. The van der Waals surface area contributed by atoms with Crippen molar-refractivity contribution in [2.24, 2.45) is 0 Å². The highest BCUT2D eigenvalue weighted by molar-refractivity contribution is 7.89. The van der Waals surface area contributed by atoms with E-state index in [1.807, 2.05) is 38.1 Å². The van der Waals surface area contributed by atoms with Crippen molar-refractivity contribution < 1.29 is 13.2 Å². The molecule has 27 heavy (non-hydrogen) atoms. The molecule has 0 atom stereocenters. The lowest BCUT2D eigenvalue weighted by Crippen LogP contribution is -2.34. The molecule has 1 N–H and O–H groups in total. The van der Waals surface area contributed by atoms with E-state index in [9.17, 15) is 13.2 Å². The van der Waals surface area contributed by atoms with Crippen LogP contribution in [0.5, 0.6) is 0 Å². The third-order valence-electron chi connectivity index (χ3n) is 5.04. The second kappa shape index (κ2) is 7.32. The molecule has 0 bridgehead atoms. The predicted molar refractivity (Wildman–Crippen MR) is 108 cm³/mol. The quantitative estimate of drug-likeness (QED) is 0.856. The number of anilines is 2. The molecule has 1 aliphatic heterocycles. The summed E-state index contributed by atoms with van der Waals surface area (Å²) in [5.41, 5.74) is 4.59. The van der Waals surface area contributed by atoms with Crippen LogP contribution in [0.4, 0.5) is 11.4 Å². The maximum absolute atomic E-state index is 12.7. The molecular formula is C20H25N3O3S. The Bertz CT molecular complexity index is 984. The summed E-state index contributed by atoms with van der Waals surface area (Å²) in [6.07, 6.45) is 0.858. The van der Waals surface area contributed by atoms with Crippen LogP contribution in [0.3, 0.4) is 0 Å². The summed E-state index contributed by atoms with van der Waals surface area (Å²) < 4.78 is 26.1. The Labute approximate surface area is 160 Å². The highest BCUT2D eigenvalue weighted by Gasteiger charge is 2.24. The van der Waals surface area contributed by atoms with Crippen molar-refractivity contribution >= 4 is 27.3 Å². The molecule has 3 rings (SSSR count). The van der Waals surface area contributed by atoms with E-state index < -0.39 is 10.0 Å². The van der Waals surface area contributed by atoms with Gasteiger partial charge in [-0.05, 0) is 55.2 Å². The first-order valence-electron chi connectivity index (χ1n) is 8.87. The molecule has 0 saturated heterocycles.